The van der Waals surface area contributed by atoms with Crippen molar-refractivity contribution in [2.24, 2.45) is 11.5 Å². The summed E-state index contributed by atoms with van der Waals surface area (Å²) >= 11 is 0. The molecule has 0 aliphatic carbocycles. The molecule has 0 bridgehead atoms. The molecule has 0 aliphatic heterocycles. The van der Waals surface area contributed by atoms with Crippen LogP contribution in [-0.2, 0) is 44.1 Å². The molecule has 0 aromatic carbocycles. The summed E-state index contributed by atoms with van der Waals surface area (Å²) in [6.07, 6.45) is 0. The number of carbonyl (C=O) groups is 5. The molecule has 0 saturated carbocycles. The van der Waals surface area contributed by atoms with Crippen LogP contribution in [0, 0.1) is 0 Å². The Kier molecular flexibility index (Phi) is 71.2. The summed E-state index contributed by atoms with van der Waals surface area (Å²) in [6, 6.07) is 0. The smallest absolute Gasteiger partial charge is 0.550 e. The Bertz CT molecular complexity index is 289. The summed E-state index contributed by atoms with van der Waals surface area (Å²) in [7, 11) is 0. The number of rotatable bonds is 4. The Hall–Kier alpha value is -2.12. The van der Waals surface area contributed by atoms with Crippen molar-refractivity contribution >= 4 is 29.8 Å². The SMILES string of the molecule is CC(=O)[O-].CC(=O)[O-].CC(=O)[O-].CC(=O)[O-].CC(=O)[O-].NCCNCCN.[Tc+5]. The van der Waals surface area contributed by atoms with E-state index in [4.69, 9.17) is 61.0 Å². The minimum atomic E-state index is -1.08. The minimum absolute atomic E-state index is 0. The number of carboxylic acid groups (broad SMARTS) is 5. The maximum atomic E-state index is 8.89. The molecular formula is C14H28N3O10Tc. The van der Waals surface area contributed by atoms with Crippen molar-refractivity contribution in [1.29, 1.82) is 0 Å². The fourth-order valence-electron chi connectivity index (χ4n) is 0.329. The molecule has 0 rings (SSSR count). The van der Waals surface area contributed by atoms with Crippen LogP contribution in [-0.4, -0.2) is 56.0 Å². The average Bonchev–Trinajstić information content (AvgIpc) is 2.35. The largest absolute Gasteiger partial charge is 5.00 e. The molecule has 0 fully saturated rings. The van der Waals surface area contributed by atoms with E-state index < -0.39 is 29.8 Å². The van der Waals surface area contributed by atoms with Crippen molar-refractivity contribution < 1.29 is 69.6 Å². The summed E-state index contributed by atoms with van der Waals surface area (Å²) in [6.45, 7) is 7.99. The van der Waals surface area contributed by atoms with Gasteiger partial charge in [0, 0.05) is 56.0 Å². The molecule has 13 nitrogen and oxygen atoms in total. The monoisotopic (exact) mass is 495 g/mol. The quantitative estimate of drug-likeness (QED) is 0.306. The van der Waals surface area contributed by atoms with Gasteiger partial charge < -0.3 is 66.3 Å². The second kappa shape index (κ2) is 44.4. The van der Waals surface area contributed by atoms with Gasteiger partial charge in [-0.3, -0.25) is 0 Å². The van der Waals surface area contributed by atoms with Crippen molar-refractivity contribution in [1.82, 2.24) is 5.32 Å². The minimum Gasteiger partial charge on any atom is -0.550 e. The first-order valence-corrected chi connectivity index (χ1v) is 7.06. The van der Waals surface area contributed by atoms with E-state index in [0.717, 1.165) is 47.7 Å². The first kappa shape index (κ1) is 44.9. The van der Waals surface area contributed by atoms with Crippen molar-refractivity contribution in [2.75, 3.05) is 26.2 Å². The number of nitrogens with two attached hydrogens (primary N) is 2. The van der Waals surface area contributed by atoms with E-state index >= 15 is 0 Å². The van der Waals surface area contributed by atoms with E-state index in [2.05, 4.69) is 5.32 Å². The summed E-state index contributed by atoms with van der Waals surface area (Å²) in [4.78, 5) is 44.4. The van der Waals surface area contributed by atoms with Gasteiger partial charge in [0.05, 0.1) is 0 Å². The van der Waals surface area contributed by atoms with Gasteiger partial charge in [-0.15, -0.1) is 0 Å². The van der Waals surface area contributed by atoms with Gasteiger partial charge in [0.2, 0.25) is 0 Å². The van der Waals surface area contributed by atoms with Crippen LogP contribution < -0.4 is 42.3 Å². The fourth-order valence-corrected chi connectivity index (χ4v) is 0.329. The van der Waals surface area contributed by atoms with E-state index in [-0.39, 0.29) is 20.1 Å². The molecule has 0 heterocycles. The average molecular weight is 496 g/mol. The standard InChI is InChI=1S/C4H13N3.5C2H4O2.Tc/c5-1-3-7-4-2-6;5*1-2(3)4;/h7H,1-6H2;5*1H3,(H,3,4);/q;;;;;;+5/p-5. The van der Waals surface area contributed by atoms with E-state index in [0.29, 0.717) is 13.1 Å². The van der Waals surface area contributed by atoms with E-state index in [1.54, 1.807) is 0 Å². The maximum absolute atomic E-state index is 8.89. The molecule has 0 aromatic rings. The van der Waals surface area contributed by atoms with Gasteiger partial charge in [-0.1, -0.05) is 0 Å². The fraction of sp³-hybridized carbons (Fsp3) is 0.643. The number of nitrogens with one attached hydrogen (secondary N) is 1. The molecule has 0 unspecified atom stereocenters. The topological polar surface area (TPSA) is 265 Å². The summed E-state index contributed by atoms with van der Waals surface area (Å²) < 4.78 is 0. The molecule has 0 spiro atoms. The van der Waals surface area contributed by atoms with Crippen molar-refractivity contribution in [3.8, 4) is 0 Å². The van der Waals surface area contributed by atoms with Crippen LogP contribution in [0.5, 0.6) is 0 Å². The number of aliphatic carboxylic acids is 5. The van der Waals surface area contributed by atoms with Crippen LogP contribution in [0.3, 0.4) is 0 Å². The molecule has 0 aliphatic rings. The predicted molar refractivity (Wildman–Crippen MR) is 84.4 cm³/mol. The normalized spacial score (nSPS) is 6.82. The van der Waals surface area contributed by atoms with Gasteiger partial charge in [0.1, 0.15) is 0 Å². The van der Waals surface area contributed by atoms with Crippen LogP contribution >= 0.6 is 0 Å². The van der Waals surface area contributed by atoms with Crippen LogP contribution in [0.2, 0.25) is 0 Å². The van der Waals surface area contributed by atoms with Gasteiger partial charge in [0.15, 0.2) is 0 Å². The van der Waals surface area contributed by atoms with Crippen molar-refractivity contribution in [2.45, 2.75) is 34.6 Å². The number of hydrogen-bond acceptors (Lipinski definition) is 13. The third-order valence-electron chi connectivity index (χ3n) is 0.642. The Labute approximate surface area is 177 Å². The predicted octanol–water partition coefficient (Wildman–Crippen LogP) is -7.73. The molecule has 0 aromatic heterocycles. The molecule has 0 atom stereocenters. The Morgan fingerprint density at radius 2 is 0.679 bits per heavy atom. The first-order valence-electron chi connectivity index (χ1n) is 7.06. The zero-order valence-corrected chi connectivity index (χ0v) is 18.3. The van der Waals surface area contributed by atoms with Crippen molar-refractivity contribution in [3.63, 3.8) is 0 Å². The molecule has 166 valence electrons. The maximum Gasteiger partial charge on any atom is 5.00 e. The number of carboxylic acids is 5. The molecular weight excluding hydrogens is 468 g/mol. The number of hydrogen-bond donors (Lipinski definition) is 3. The third kappa shape index (κ3) is 3540. The first-order chi connectivity index (χ1) is 12.1. The van der Waals surface area contributed by atoms with Gasteiger partial charge in [0.25, 0.3) is 0 Å². The summed E-state index contributed by atoms with van der Waals surface area (Å²) in [5.41, 5.74) is 10.3. The van der Waals surface area contributed by atoms with E-state index in [1.807, 2.05) is 0 Å². The van der Waals surface area contributed by atoms with Crippen LogP contribution in [0.15, 0.2) is 0 Å². The Balaban J connectivity index is -0.0000000382. The van der Waals surface area contributed by atoms with Gasteiger partial charge in [-0.05, 0) is 34.6 Å². The molecule has 5 N–H and O–H groups in total. The molecule has 14 heteroatoms. The zero-order chi connectivity index (χ0) is 23.4. The summed E-state index contributed by atoms with van der Waals surface area (Å²) in [5.74, 6) is -5.42. The van der Waals surface area contributed by atoms with Crippen molar-refractivity contribution in [3.05, 3.63) is 0 Å². The van der Waals surface area contributed by atoms with Crippen LogP contribution in [0.4, 0.5) is 0 Å². The van der Waals surface area contributed by atoms with E-state index in [1.165, 1.54) is 0 Å². The van der Waals surface area contributed by atoms with Crippen LogP contribution in [0.1, 0.15) is 34.6 Å². The van der Waals surface area contributed by atoms with Gasteiger partial charge >= 0.3 is 20.1 Å². The van der Waals surface area contributed by atoms with Gasteiger partial charge in [-0.2, -0.15) is 0 Å². The summed E-state index contributed by atoms with van der Waals surface area (Å²) in [5, 5.41) is 47.5. The second-order valence-corrected chi connectivity index (χ2v) is 3.79. The second-order valence-electron chi connectivity index (χ2n) is 3.79. The van der Waals surface area contributed by atoms with Crippen LogP contribution in [0.25, 0.3) is 0 Å². The Morgan fingerprint density at radius 3 is 0.750 bits per heavy atom. The Morgan fingerprint density at radius 1 is 0.571 bits per heavy atom. The molecule has 0 radical (unpaired) electrons. The molecule has 28 heavy (non-hydrogen) atoms. The molecule has 0 saturated heterocycles. The van der Waals surface area contributed by atoms with E-state index in [9.17, 15) is 0 Å². The number of carbonyl (C=O) groups excluding carboxylic acids is 5. The van der Waals surface area contributed by atoms with Gasteiger partial charge in [-0.25, -0.2) is 0 Å². The molecule has 0 amide bonds. The third-order valence-corrected chi connectivity index (χ3v) is 0.642. The zero-order valence-electron chi connectivity index (χ0n) is 16.4.